The lowest BCUT2D eigenvalue weighted by Gasteiger charge is -2.18. The zero-order valence-corrected chi connectivity index (χ0v) is 8.32. The lowest BCUT2D eigenvalue weighted by molar-refractivity contribution is -0.186. The molecule has 0 aromatic heterocycles. The van der Waals surface area contributed by atoms with Gasteiger partial charge in [0.1, 0.15) is 6.61 Å². The number of hydrogen-bond donors (Lipinski definition) is 0. The molecule has 0 rings (SSSR count). The SMILES string of the molecule is CCC(CC(C)C)OCC(F)(F)F. The Morgan fingerprint density at radius 2 is 1.77 bits per heavy atom. The Bertz CT molecular complexity index is 131. The lowest BCUT2D eigenvalue weighted by Crippen LogP contribution is -2.24. The van der Waals surface area contributed by atoms with Gasteiger partial charge < -0.3 is 4.74 Å². The van der Waals surface area contributed by atoms with E-state index >= 15 is 0 Å². The maximum atomic E-state index is 11.8. The van der Waals surface area contributed by atoms with Crippen LogP contribution in [0.3, 0.4) is 0 Å². The first-order chi connectivity index (χ1) is 5.85. The molecule has 0 aliphatic rings. The van der Waals surface area contributed by atoms with E-state index < -0.39 is 12.8 Å². The Hall–Kier alpha value is -0.250. The molecule has 0 bridgehead atoms. The van der Waals surface area contributed by atoms with E-state index in [1.54, 1.807) is 0 Å². The van der Waals surface area contributed by atoms with E-state index in [-0.39, 0.29) is 6.10 Å². The van der Waals surface area contributed by atoms with Gasteiger partial charge in [0.2, 0.25) is 0 Å². The molecule has 0 saturated carbocycles. The highest BCUT2D eigenvalue weighted by atomic mass is 19.4. The summed E-state index contributed by atoms with van der Waals surface area (Å²) in [6, 6.07) is 0. The van der Waals surface area contributed by atoms with Crippen LogP contribution in [0.15, 0.2) is 0 Å². The molecule has 80 valence electrons. The molecular weight excluding hydrogens is 181 g/mol. The van der Waals surface area contributed by atoms with E-state index in [1.807, 2.05) is 20.8 Å². The minimum Gasteiger partial charge on any atom is -0.369 e. The van der Waals surface area contributed by atoms with E-state index in [2.05, 4.69) is 0 Å². The second-order valence-electron chi connectivity index (χ2n) is 3.59. The van der Waals surface area contributed by atoms with Gasteiger partial charge in [0, 0.05) is 0 Å². The fourth-order valence-corrected chi connectivity index (χ4v) is 1.09. The summed E-state index contributed by atoms with van der Waals surface area (Å²) >= 11 is 0. The van der Waals surface area contributed by atoms with Gasteiger partial charge in [0.05, 0.1) is 6.10 Å². The summed E-state index contributed by atoms with van der Waals surface area (Å²) in [5.41, 5.74) is 0. The van der Waals surface area contributed by atoms with Crippen LogP contribution in [0.1, 0.15) is 33.6 Å². The van der Waals surface area contributed by atoms with Gasteiger partial charge in [-0.1, -0.05) is 20.8 Å². The van der Waals surface area contributed by atoms with Crippen LogP contribution in [0.2, 0.25) is 0 Å². The zero-order valence-electron chi connectivity index (χ0n) is 8.32. The molecule has 1 nitrogen and oxygen atoms in total. The molecule has 0 aromatic rings. The first-order valence-electron chi connectivity index (χ1n) is 4.53. The van der Waals surface area contributed by atoms with Gasteiger partial charge >= 0.3 is 6.18 Å². The smallest absolute Gasteiger partial charge is 0.369 e. The van der Waals surface area contributed by atoms with Crippen LogP contribution >= 0.6 is 0 Å². The standard InChI is InChI=1S/C9H17F3O/c1-4-8(5-7(2)3)13-6-9(10,11)12/h7-8H,4-6H2,1-3H3. The summed E-state index contributed by atoms with van der Waals surface area (Å²) in [5.74, 6) is 0.373. The highest BCUT2D eigenvalue weighted by Gasteiger charge is 2.28. The first-order valence-corrected chi connectivity index (χ1v) is 4.53. The van der Waals surface area contributed by atoms with Gasteiger partial charge in [-0.15, -0.1) is 0 Å². The van der Waals surface area contributed by atoms with Crippen molar-refractivity contribution in [2.24, 2.45) is 5.92 Å². The molecule has 1 unspecified atom stereocenters. The van der Waals surface area contributed by atoms with E-state index in [1.165, 1.54) is 0 Å². The normalized spacial score (nSPS) is 15.0. The van der Waals surface area contributed by atoms with Crippen molar-refractivity contribution in [2.45, 2.75) is 45.9 Å². The average Bonchev–Trinajstić information content (AvgIpc) is 1.95. The molecule has 0 saturated heterocycles. The topological polar surface area (TPSA) is 9.23 Å². The van der Waals surface area contributed by atoms with E-state index in [0.29, 0.717) is 18.8 Å². The zero-order chi connectivity index (χ0) is 10.5. The number of rotatable bonds is 5. The van der Waals surface area contributed by atoms with Crippen LogP contribution in [-0.2, 0) is 4.74 Å². The van der Waals surface area contributed by atoms with Crippen molar-refractivity contribution in [2.75, 3.05) is 6.61 Å². The molecule has 0 aliphatic carbocycles. The van der Waals surface area contributed by atoms with E-state index in [0.717, 1.165) is 0 Å². The summed E-state index contributed by atoms with van der Waals surface area (Å²) in [6.45, 7) is 4.65. The number of alkyl halides is 3. The van der Waals surface area contributed by atoms with Crippen LogP contribution in [0.4, 0.5) is 13.2 Å². The molecule has 1 atom stereocenters. The van der Waals surface area contributed by atoms with Crippen LogP contribution in [0.5, 0.6) is 0 Å². The quantitative estimate of drug-likeness (QED) is 0.658. The summed E-state index contributed by atoms with van der Waals surface area (Å²) in [5, 5.41) is 0. The molecule has 0 N–H and O–H groups in total. The van der Waals surface area contributed by atoms with Crippen molar-refractivity contribution in [3.63, 3.8) is 0 Å². The van der Waals surface area contributed by atoms with Crippen LogP contribution in [0.25, 0.3) is 0 Å². The van der Waals surface area contributed by atoms with Gasteiger partial charge in [-0.3, -0.25) is 0 Å². The van der Waals surface area contributed by atoms with E-state index in [4.69, 9.17) is 4.74 Å². The summed E-state index contributed by atoms with van der Waals surface area (Å²) in [4.78, 5) is 0. The predicted molar refractivity (Wildman–Crippen MR) is 45.5 cm³/mol. The van der Waals surface area contributed by atoms with Crippen molar-refractivity contribution in [1.29, 1.82) is 0 Å². The molecule has 0 heterocycles. The van der Waals surface area contributed by atoms with Gasteiger partial charge in [-0.25, -0.2) is 0 Å². The van der Waals surface area contributed by atoms with Crippen molar-refractivity contribution >= 4 is 0 Å². The third-order valence-electron chi connectivity index (χ3n) is 1.67. The monoisotopic (exact) mass is 198 g/mol. The highest BCUT2D eigenvalue weighted by molar-refractivity contribution is 4.60. The average molecular weight is 198 g/mol. The number of halogens is 3. The van der Waals surface area contributed by atoms with E-state index in [9.17, 15) is 13.2 Å². The lowest BCUT2D eigenvalue weighted by atomic mass is 10.0. The third kappa shape index (κ3) is 8.09. The van der Waals surface area contributed by atoms with Crippen LogP contribution in [0, 0.1) is 5.92 Å². The number of ether oxygens (including phenoxy) is 1. The second kappa shape index (κ2) is 5.47. The Morgan fingerprint density at radius 1 is 1.23 bits per heavy atom. The molecule has 0 amide bonds. The highest BCUT2D eigenvalue weighted by Crippen LogP contribution is 2.18. The maximum absolute atomic E-state index is 11.8. The predicted octanol–water partition coefficient (Wildman–Crippen LogP) is 3.39. The minimum atomic E-state index is -4.20. The fourth-order valence-electron chi connectivity index (χ4n) is 1.09. The summed E-state index contributed by atoms with van der Waals surface area (Å²) in [6.07, 6.45) is -3.15. The van der Waals surface area contributed by atoms with Gasteiger partial charge in [0.15, 0.2) is 0 Å². The summed E-state index contributed by atoms with van der Waals surface area (Å²) < 4.78 is 40.0. The summed E-state index contributed by atoms with van der Waals surface area (Å²) in [7, 11) is 0. The Kier molecular flexibility index (Phi) is 5.37. The Labute approximate surface area is 77.3 Å². The van der Waals surface area contributed by atoms with Gasteiger partial charge in [0.25, 0.3) is 0 Å². The maximum Gasteiger partial charge on any atom is 0.411 e. The molecule has 0 aromatic carbocycles. The molecular formula is C9H17F3O. The second-order valence-corrected chi connectivity index (χ2v) is 3.59. The Balaban J connectivity index is 3.72. The fraction of sp³-hybridized carbons (Fsp3) is 1.00. The molecule has 0 aliphatic heterocycles. The molecule has 13 heavy (non-hydrogen) atoms. The van der Waals surface area contributed by atoms with Crippen molar-refractivity contribution in [3.8, 4) is 0 Å². The number of hydrogen-bond acceptors (Lipinski definition) is 1. The largest absolute Gasteiger partial charge is 0.411 e. The third-order valence-corrected chi connectivity index (χ3v) is 1.67. The van der Waals surface area contributed by atoms with Crippen molar-refractivity contribution in [3.05, 3.63) is 0 Å². The van der Waals surface area contributed by atoms with Gasteiger partial charge in [-0.2, -0.15) is 13.2 Å². The Morgan fingerprint density at radius 3 is 2.08 bits per heavy atom. The molecule has 0 radical (unpaired) electrons. The van der Waals surface area contributed by atoms with Crippen LogP contribution in [-0.4, -0.2) is 18.9 Å². The molecule has 0 fully saturated rings. The van der Waals surface area contributed by atoms with Crippen molar-refractivity contribution in [1.82, 2.24) is 0 Å². The minimum absolute atomic E-state index is 0.262. The van der Waals surface area contributed by atoms with Crippen LogP contribution < -0.4 is 0 Å². The van der Waals surface area contributed by atoms with Gasteiger partial charge in [-0.05, 0) is 18.8 Å². The molecule has 0 spiro atoms. The van der Waals surface area contributed by atoms with Crippen molar-refractivity contribution < 1.29 is 17.9 Å². The molecule has 4 heteroatoms. The first kappa shape index (κ1) is 12.8.